The number of unbranched alkanes of at least 4 members (excludes halogenated alkanes) is 4. The molecule has 6 aromatic rings. The highest BCUT2D eigenvalue weighted by molar-refractivity contribution is 7.30. The third-order valence-electron chi connectivity index (χ3n) is 7.59. The van der Waals surface area contributed by atoms with Gasteiger partial charge in [-0.25, -0.2) is 0 Å². The maximum absolute atomic E-state index is 10.7. The van der Waals surface area contributed by atoms with Crippen LogP contribution in [0.15, 0.2) is 72.8 Å². The Balaban J connectivity index is 1.04. The molecule has 46 heavy (non-hydrogen) atoms. The number of carboxylic acids is 2. The molecule has 6 heterocycles. The van der Waals surface area contributed by atoms with Gasteiger partial charge in [-0.05, 0) is 111 Å². The molecule has 0 spiro atoms. The maximum atomic E-state index is 10.7. The van der Waals surface area contributed by atoms with E-state index >= 15 is 0 Å². The van der Waals surface area contributed by atoms with Gasteiger partial charge in [-0.3, -0.25) is 9.59 Å². The van der Waals surface area contributed by atoms with Crippen molar-refractivity contribution in [3.63, 3.8) is 0 Å². The van der Waals surface area contributed by atoms with E-state index in [1.165, 1.54) is 58.5 Å². The van der Waals surface area contributed by atoms with Gasteiger partial charge in [0.15, 0.2) is 0 Å². The number of carboxylic acid groups (broad SMARTS) is 2. The number of aryl methyl sites for hydroxylation is 2. The monoisotopic (exact) mass is 722 g/mol. The largest absolute Gasteiger partial charge is 0.481 e. The second kappa shape index (κ2) is 15.8. The summed E-state index contributed by atoms with van der Waals surface area (Å²) in [4.78, 5) is 37.1. The van der Waals surface area contributed by atoms with Crippen LogP contribution in [-0.4, -0.2) is 22.2 Å². The Morgan fingerprint density at radius 3 is 0.913 bits per heavy atom. The molecule has 4 nitrogen and oxygen atoms in total. The first-order chi connectivity index (χ1) is 22.4. The first-order valence-corrected chi connectivity index (χ1v) is 20.3. The fourth-order valence-corrected chi connectivity index (χ4v) is 11.8. The van der Waals surface area contributed by atoms with E-state index in [9.17, 15) is 9.59 Å². The second-order valence-corrected chi connectivity index (χ2v) is 17.8. The number of rotatable bonds is 17. The summed E-state index contributed by atoms with van der Waals surface area (Å²) >= 11 is 11.1. The summed E-state index contributed by atoms with van der Waals surface area (Å²) in [6.45, 7) is 0. The summed E-state index contributed by atoms with van der Waals surface area (Å²) < 4.78 is 0. The lowest BCUT2D eigenvalue weighted by Crippen LogP contribution is -1.93. The van der Waals surface area contributed by atoms with E-state index in [1.807, 2.05) is 68.0 Å². The van der Waals surface area contributed by atoms with E-state index in [0.717, 1.165) is 51.4 Å². The van der Waals surface area contributed by atoms with Crippen molar-refractivity contribution >= 4 is 80.0 Å². The Bertz CT molecular complexity index is 1760. The molecule has 0 fully saturated rings. The van der Waals surface area contributed by atoms with Crippen LogP contribution in [0.25, 0.3) is 48.8 Å². The molecule has 2 N–H and O–H groups in total. The van der Waals surface area contributed by atoms with Crippen LogP contribution in [0.4, 0.5) is 0 Å². The highest BCUT2D eigenvalue weighted by atomic mass is 32.1. The Morgan fingerprint density at radius 2 is 0.630 bits per heavy atom. The van der Waals surface area contributed by atoms with Crippen LogP contribution >= 0.6 is 68.0 Å². The predicted octanol–water partition coefficient (Wildman–Crippen LogP) is 12.8. The maximum Gasteiger partial charge on any atom is 0.303 e. The summed E-state index contributed by atoms with van der Waals surface area (Å²) in [7, 11) is 0. The van der Waals surface area contributed by atoms with Crippen LogP contribution in [0.3, 0.4) is 0 Å². The molecule has 0 saturated heterocycles. The van der Waals surface area contributed by atoms with Crippen LogP contribution in [0.5, 0.6) is 0 Å². The topological polar surface area (TPSA) is 74.6 Å². The van der Waals surface area contributed by atoms with Crippen LogP contribution in [-0.2, 0) is 22.4 Å². The standard InChI is InChI=1S/C36H34O4S6/c37-35(38)9-5-1-3-7-23-11-13-25(41-23)27-15-17-29(43-27)31-19-21-33(45-31)34-22-20-32(46-34)30-18-16-28(44-30)26-14-12-24(42-26)8-4-2-6-10-36(39)40/h11-22H,1-10H2,(H,37,38)(H,39,40). The van der Waals surface area contributed by atoms with Gasteiger partial charge >= 0.3 is 11.9 Å². The minimum atomic E-state index is -0.706. The first-order valence-electron chi connectivity index (χ1n) is 15.4. The number of hydrogen-bond donors (Lipinski definition) is 2. The molecular formula is C36H34O4S6. The third kappa shape index (κ3) is 8.73. The highest BCUT2D eigenvalue weighted by Crippen LogP contribution is 2.46. The molecule has 238 valence electrons. The zero-order valence-corrected chi connectivity index (χ0v) is 30.1. The Morgan fingerprint density at radius 1 is 0.370 bits per heavy atom. The molecule has 0 bridgehead atoms. The molecule has 10 heteroatoms. The number of hydrogen-bond acceptors (Lipinski definition) is 8. The molecule has 0 unspecified atom stereocenters. The quantitative estimate of drug-likeness (QED) is 0.0919. The van der Waals surface area contributed by atoms with Gasteiger partial charge in [0.25, 0.3) is 0 Å². The molecule has 0 aliphatic carbocycles. The summed E-state index contributed by atoms with van der Waals surface area (Å²) in [5.41, 5.74) is 0. The van der Waals surface area contributed by atoms with Crippen LogP contribution in [0, 0.1) is 0 Å². The third-order valence-corrected chi connectivity index (χ3v) is 15.2. The SMILES string of the molecule is O=C(O)CCCCCc1ccc(-c2ccc(-c3ccc(-c4ccc(-c5ccc(-c6ccc(CCCCCC(=O)O)s6)s5)s4)s3)s2)s1. The van der Waals surface area contributed by atoms with Gasteiger partial charge in [0.05, 0.1) is 0 Å². The van der Waals surface area contributed by atoms with Crippen LogP contribution in [0.2, 0.25) is 0 Å². The number of aliphatic carboxylic acids is 2. The molecule has 6 rings (SSSR count). The predicted molar refractivity (Wildman–Crippen MR) is 200 cm³/mol. The molecule has 0 aromatic carbocycles. The number of carbonyl (C=O) groups is 2. The van der Waals surface area contributed by atoms with E-state index in [2.05, 4.69) is 72.8 Å². The van der Waals surface area contributed by atoms with Crippen LogP contribution in [0.1, 0.15) is 61.1 Å². The summed E-state index contributed by atoms with van der Waals surface area (Å²) in [6.07, 6.45) is 8.06. The van der Waals surface area contributed by atoms with E-state index < -0.39 is 11.9 Å². The van der Waals surface area contributed by atoms with Gasteiger partial charge in [-0.2, -0.15) is 0 Å². The van der Waals surface area contributed by atoms with Gasteiger partial charge in [-0.15, -0.1) is 68.0 Å². The first kappa shape index (κ1) is 33.1. The molecule has 0 atom stereocenters. The van der Waals surface area contributed by atoms with Crippen molar-refractivity contribution in [2.24, 2.45) is 0 Å². The van der Waals surface area contributed by atoms with Crippen molar-refractivity contribution in [1.82, 2.24) is 0 Å². The molecule has 6 aromatic heterocycles. The zero-order valence-electron chi connectivity index (χ0n) is 25.2. The molecule has 0 aliphatic heterocycles. The Kier molecular flexibility index (Phi) is 11.4. The van der Waals surface area contributed by atoms with Crippen molar-refractivity contribution in [1.29, 1.82) is 0 Å². The summed E-state index contributed by atoms with van der Waals surface area (Å²) in [5, 5.41) is 17.6. The fraction of sp³-hybridized carbons (Fsp3) is 0.278. The van der Waals surface area contributed by atoms with Gasteiger partial charge in [0.2, 0.25) is 0 Å². The lowest BCUT2D eigenvalue weighted by molar-refractivity contribution is -0.138. The van der Waals surface area contributed by atoms with Crippen molar-refractivity contribution in [2.75, 3.05) is 0 Å². The van der Waals surface area contributed by atoms with E-state index in [-0.39, 0.29) is 12.8 Å². The highest BCUT2D eigenvalue weighted by Gasteiger charge is 2.14. The normalized spacial score (nSPS) is 11.4. The van der Waals surface area contributed by atoms with Crippen LogP contribution < -0.4 is 0 Å². The molecule has 0 saturated carbocycles. The van der Waals surface area contributed by atoms with E-state index in [1.54, 1.807) is 0 Å². The average Bonchev–Trinajstić information content (AvgIpc) is 3.87. The van der Waals surface area contributed by atoms with Gasteiger partial charge in [0, 0.05) is 71.4 Å². The minimum Gasteiger partial charge on any atom is -0.481 e. The van der Waals surface area contributed by atoms with Gasteiger partial charge in [-0.1, -0.05) is 12.8 Å². The fourth-order valence-electron chi connectivity index (χ4n) is 5.20. The summed E-state index contributed by atoms with van der Waals surface area (Å²) in [5.74, 6) is -1.41. The van der Waals surface area contributed by atoms with Crippen molar-refractivity contribution < 1.29 is 19.8 Å². The van der Waals surface area contributed by atoms with Gasteiger partial charge in [0.1, 0.15) is 0 Å². The summed E-state index contributed by atoms with van der Waals surface area (Å²) in [6, 6.07) is 26.8. The van der Waals surface area contributed by atoms with E-state index in [4.69, 9.17) is 10.2 Å². The Labute approximate surface area is 293 Å². The lowest BCUT2D eigenvalue weighted by Gasteiger charge is -1.97. The Hall–Kier alpha value is -2.86. The second-order valence-electron chi connectivity index (χ2n) is 11.1. The van der Waals surface area contributed by atoms with E-state index in [0.29, 0.717) is 0 Å². The van der Waals surface area contributed by atoms with Crippen molar-refractivity contribution in [3.8, 4) is 48.8 Å². The molecule has 0 amide bonds. The molecule has 0 aliphatic rings. The van der Waals surface area contributed by atoms with Crippen molar-refractivity contribution in [2.45, 2.75) is 64.2 Å². The number of thiophene rings is 6. The average molecular weight is 723 g/mol. The van der Waals surface area contributed by atoms with Crippen molar-refractivity contribution in [3.05, 3.63) is 82.6 Å². The lowest BCUT2D eigenvalue weighted by atomic mass is 10.1. The zero-order chi connectivity index (χ0) is 31.9. The molecule has 0 radical (unpaired) electrons. The smallest absolute Gasteiger partial charge is 0.303 e. The minimum absolute atomic E-state index is 0.264. The molecular weight excluding hydrogens is 689 g/mol. The van der Waals surface area contributed by atoms with Gasteiger partial charge < -0.3 is 10.2 Å².